The van der Waals surface area contributed by atoms with Gasteiger partial charge in [0, 0.05) is 30.9 Å². The first-order valence-electron chi connectivity index (χ1n) is 5.75. The van der Waals surface area contributed by atoms with E-state index >= 15 is 0 Å². The van der Waals surface area contributed by atoms with Gasteiger partial charge in [-0.1, -0.05) is 18.2 Å². The average molecular weight is 204 g/mol. The summed E-state index contributed by atoms with van der Waals surface area (Å²) in [4.78, 5) is 2.53. The van der Waals surface area contributed by atoms with E-state index in [1.165, 1.54) is 11.3 Å². The summed E-state index contributed by atoms with van der Waals surface area (Å²) in [6.07, 6.45) is 0. The molecule has 2 unspecified atom stereocenters. The highest BCUT2D eigenvalue weighted by molar-refractivity contribution is 5.55. The van der Waals surface area contributed by atoms with E-state index in [-0.39, 0.29) is 0 Å². The van der Waals surface area contributed by atoms with Crippen LogP contribution >= 0.6 is 0 Å². The van der Waals surface area contributed by atoms with Crippen molar-refractivity contribution in [3.63, 3.8) is 0 Å². The van der Waals surface area contributed by atoms with E-state index in [2.05, 4.69) is 55.3 Å². The molecule has 0 aromatic heterocycles. The van der Waals surface area contributed by atoms with E-state index in [1.807, 2.05) is 0 Å². The van der Waals surface area contributed by atoms with Gasteiger partial charge in [-0.05, 0) is 32.4 Å². The predicted molar refractivity (Wildman–Crippen MR) is 65.5 cm³/mol. The number of hydrogen-bond donors (Lipinski definition) is 1. The van der Waals surface area contributed by atoms with Crippen molar-refractivity contribution in [3.05, 3.63) is 29.8 Å². The Morgan fingerprint density at radius 1 is 1.13 bits per heavy atom. The van der Waals surface area contributed by atoms with Crippen molar-refractivity contribution in [2.75, 3.05) is 18.0 Å². The van der Waals surface area contributed by atoms with Crippen molar-refractivity contribution in [1.29, 1.82) is 0 Å². The van der Waals surface area contributed by atoms with Crippen LogP contribution < -0.4 is 10.2 Å². The monoisotopic (exact) mass is 204 g/mol. The zero-order valence-corrected chi connectivity index (χ0v) is 9.83. The number of nitrogens with one attached hydrogen (secondary N) is 1. The Morgan fingerprint density at radius 3 is 2.33 bits per heavy atom. The summed E-state index contributed by atoms with van der Waals surface area (Å²) in [5, 5.41) is 3.46. The van der Waals surface area contributed by atoms with Crippen molar-refractivity contribution < 1.29 is 0 Å². The number of hydrogen-bond acceptors (Lipinski definition) is 2. The molecule has 1 saturated heterocycles. The highest BCUT2D eigenvalue weighted by Gasteiger charge is 2.25. The van der Waals surface area contributed by atoms with Gasteiger partial charge in [0.25, 0.3) is 0 Å². The van der Waals surface area contributed by atoms with E-state index in [1.54, 1.807) is 0 Å². The Labute approximate surface area is 92.3 Å². The molecule has 0 amide bonds. The largest absolute Gasteiger partial charge is 0.363 e. The molecule has 1 aliphatic rings. The quantitative estimate of drug-likeness (QED) is 0.754. The van der Waals surface area contributed by atoms with Gasteiger partial charge in [-0.3, -0.25) is 0 Å². The lowest BCUT2D eigenvalue weighted by Crippen LogP contribution is -2.55. The van der Waals surface area contributed by atoms with Gasteiger partial charge in [0.2, 0.25) is 0 Å². The first kappa shape index (κ1) is 10.5. The lowest BCUT2D eigenvalue weighted by atomic mass is 10.1. The van der Waals surface area contributed by atoms with Gasteiger partial charge in [0.15, 0.2) is 0 Å². The molecule has 0 aliphatic carbocycles. The van der Waals surface area contributed by atoms with Gasteiger partial charge in [-0.25, -0.2) is 0 Å². The third-order valence-corrected chi connectivity index (χ3v) is 3.22. The minimum Gasteiger partial charge on any atom is -0.363 e. The molecule has 1 heterocycles. The first-order chi connectivity index (χ1) is 7.20. The molecule has 1 aromatic carbocycles. The Kier molecular flexibility index (Phi) is 2.96. The highest BCUT2D eigenvalue weighted by Crippen LogP contribution is 2.25. The van der Waals surface area contributed by atoms with Gasteiger partial charge in [-0.15, -0.1) is 0 Å². The number of benzene rings is 1. The number of piperazine rings is 1. The van der Waals surface area contributed by atoms with Gasteiger partial charge in [-0.2, -0.15) is 0 Å². The fourth-order valence-corrected chi connectivity index (χ4v) is 2.46. The highest BCUT2D eigenvalue weighted by atomic mass is 15.2. The molecule has 2 rings (SSSR count). The molecule has 1 aliphatic heterocycles. The van der Waals surface area contributed by atoms with Crippen molar-refractivity contribution in [2.24, 2.45) is 0 Å². The summed E-state index contributed by atoms with van der Waals surface area (Å²) in [5.74, 6) is 0. The Balaban J connectivity index is 2.31. The smallest absolute Gasteiger partial charge is 0.0401 e. The predicted octanol–water partition coefficient (Wildman–Crippen LogP) is 2.18. The molecule has 1 aromatic rings. The molecule has 15 heavy (non-hydrogen) atoms. The Morgan fingerprint density at radius 2 is 1.73 bits per heavy atom. The second kappa shape index (κ2) is 4.23. The van der Waals surface area contributed by atoms with Crippen LogP contribution in [0, 0.1) is 6.92 Å². The molecular formula is C13H20N2. The van der Waals surface area contributed by atoms with Crippen molar-refractivity contribution in [3.8, 4) is 0 Å². The minimum absolute atomic E-state index is 0.579. The van der Waals surface area contributed by atoms with E-state index in [4.69, 9.17) is 0 Å². The van der Waals surface area contributed by atoms with Crippen LogP contribution in [0.25, 0.3) is 0 Å². The molecule has 0 saturated carbocycles. The number of rotatable bonds is 1. The van der Waals surface area contributed by atoms with Crippen LogP contribution in [0.15, 0.2) is 24.3 Å². The topological polar surface area (TPSA) is 15.3 Å². The summed E-state index contributed by atoms with van der Waals surface area (Å²) >= 11 is 0. The summed E-state index contributed by atoms with van der Waals surface area (Å²) in [5.41, 5.74) is 2.76. The molecule has 2 heteroatoms. The Bertz CT molecular complexity index is 325. The van der Waals surface area contributed by atoms with E-state index < -0.39 is 0 Å². The summed E-state index contributed by atoms with van der Waals surface area (Å²) in [6.45, 7) is 8.93. The van der Waals surface area contributed by atoms with Crippen LogP contribution in [-0.4, -0.2) is 25.2 Å². The van der Waals surface area contributed by atoms with E-state index in [0.29, 0.717) is 12.1 Å². The average Bonchev–Trinajstić information content (AvgIpc) is 2.20. The van der Waals surface area contributed by atoms with Gasteiger partial charge < -0.3 is 10.2 Å². The SMILES string of the molecule is Cc1ccccc1N1C(C)CNCC1C. The number of para-hydroxylation sites is 1. The summed E-state index contributed by atoms with van der Waals surface area (Å²) in [7, 11) is 0. The van der Waals surface area contributed by atoms with Crippen molar-refractivity contribution in [1.82, 2.24) is 5.32 Å². The van der Waals surface area contributed by atoms with E-state index in [9.17, 15) is 0 Å². The minimum atomic E-state index is 0.579. The lowest BCUT2D eigenvalue weighted by Gasteiger charge is -2.42. The standard InChI is InChI=1S/C13H20N2/c1-10-6-4-5-7-13(10)15-11(2)8-14-9-12(15)3/h4-7,11-12,14H,8-9H2,1-3H3. The normalized spacial score (nSPS) is 26.7. The lowest BCUT2D eigenvalue weighted by molar-refractivity contribution is 0.431. The number of nitrogens with zero attached hydrogens (tertiary/aromatic N) is 1. The van der Waals surface area contributed by atoms with Crippen LogP contribution in [0.2, 0.25) is 0 Å². The third-order valence-electron chi connectivity index (χ3n) is 3.22. The van der Waals surface area contributed by atoms with Crippen LogP contribution in [0.4, 0.5) is 5.69 Å². The van der Waals surface area contributed by atoms with Gasteiger partial charge >= 0.3 is 0 Å². The summed E-state index contributed by atoms with van der Waals surface area (Å²) < 4.78 is 0. The van der Waals surface area contributed by atoms with Crippen LogP contribution in [-0.2, 0) is 0 Å². The second-order valence-corrected chi connectivity index (χ2v) is 4.55. The molecule has 2 nitrogen and oxygen atoms in total. The molecule has 1 fully saturated rings. The fourth-order valence-electron chi connectivity index (χ4n) is 2.46. The van der Waals surface area contributed by atoms with E-state index in [0.717, 1.165) is 13.1 Å². The van der Waals surface area contributed by atoms with Crippen LogP contribution in [0.1, 0.15) is 19.4 Å². The molecule has 82 valence electrons. The number of aryl methyl sites for hydroxylation is 1. The van der Waals surface area contributed by atoms with Crippen molar-refractivity contribution >= 4 is 5.69 Å². The maximum Gasteiger partial charge on any atom is 0.0401 e. The van der Waals surface area contributed by atoms with Crippen LogP contribution in [0.3, 0.4) is 0 Å². The molecule has 2 atom stereocenters. The zero-order chi connectivity index (χ0) is 10.8. The Hall–Kier alpha value is -1.02. The molecule has 0 spiro atoms. The van der Waals surface area contributed by atoms with Crippen LogP contribution in [0.5, 0.6) is 0 Å². The third kappa shape index (κ3) is 2.00. The van der Waals surface area contributed by atoms with Gasteiger partial charge in [0.05, 0.1) is 0 Å². The fraction of sp³-hybridized carbons (Fsp3) is 0.538. The molecule has 0 radical (unpaired) electrons. The maximum atomic E-state index is 3.46. The second-order valence-electron chi connectivity index (χ2n) is 4.55. The van der Waals surface area contributed by atoms with Crippen molar-refractivity contribution in [2.45, 2.75) is 32.9 Å². The zero-order valence-electron chi connectivity index (χ0n) is 9.83. The van der Waals surface area contributed by atoms with Gasteiger partial charge in [0.1, 0.15) is 0 Å². The molecule has 0 bridgehead atoms. The summed E-state index contributed by atoms with van der Waals surface area (Å²) in [6, 6.07) is 9.81. The first-order valence-corrected chi connectivity index (χ1v) is 5.75. The maximum absolute atomic E-state index is 3.46. The number of anilines is 1. The molecular weight excluding hydrogens is 184 g/mol. The molecule has 1 N–H and O–H groups in total.